The summed E-state index contributed by atoms with van der Waals surface area (Å²) >= 11 is 0. The molecule has 2 rings (SSSR count). The van der Waals surface area contributed by atoms with E-state index in [-0.39, 0.29) is 22.4 Å². The number of nitrogens with two attached hydrogens (primary N) is 1. The minimum Gasteiger partial charge on any atom is -0.327 e. The molecule has 1 aliphatic carbocycles. The molecule has 7 nitrogen and oxygen atoms in total. The van der Waals surface area contributed by atoms with Gasteiger partial charge in [0.05, 0.1) is 4.92 Å². The summed E-state index contributed by atoms with van der Waals surface area (Å²) in [4.78, 5) is 9.89. The molecule has 8 heteroatoms. The van der Waals surface area contributed by atoms with E-state index in [9.17, 15) is 18.5 Å². The summed E-state index contributed by atoms with van der Waals surface area (Å²) in [6.07, 6.45) is 0.521. The van der Waals surface area contributed by atoms with Gasteiger partial charge in [0, 0.05) is 18.2 Å². The molecule has 1 saturated carbocycles. The van der Waals surface area contributed by atoms with Crippen LogP contribution in [0.2, 0.25) is 0 Å². The molecule has 2 atom stereocenters. The molecule has 2 unspecified atom stereocenters. The largest absolute Gasteiger partial charge is 0.327 e. The van der Waals surface area contributed by atoms with Gasteiger partial charge >= 0.3 is 0 Å². The molecule has 1 fully saturated rings. The van der Waals surface area contributed by atoms with Gasteiger partial charge in [0.2, 0.25) is 10.0 Å². The molecular formula is C12H17N3O4S. The predicted octanol–water partition coefficient (Wildman–Crippen LogP) is 0.999. The molecule has 110 valence electrons. The van der Waals surface area contributed by atoms with Crippen LogP contribution in [0.1, 0.15) is 20.3 Å². The van der Waals surface area contributed by atoms with E-state index in [1.165, 1.54) is 24.3 Å². The van der Waals surface area contributed by atoms with Gasteiger partial charge in [-0.2, -0.15) is 0 Å². The average Bonchev–Trinajstić information content (AvgIpc) is 2.38. The van der Waals surface area contributed by atoms with E-state index < -0.39 is 20.6 Å². The lowest BCUT2D eigenvalue weighted by Crippen LogP contribution is -2.64. The standard InChI is InChI=1S/C12H17N3O4S/c1-12(2)10(13)7-11(12)14-20(18,19)9-6-4-3-5-8(9)15(16)17/h3-6,10-11,14H,7,13H2,1-2H3. The van der Waals surface area contributed by atoms with Crippen LogP contribution >= 0.6 is 0 Å². The van der Waals surface area contributed by atoms with Crippen molar-refractivity contribution in [2.45, 2.75) is 37.2 Å². The molecule has 0 saturated heterocycles. The van der Waals surface area contributed by atoms with Gasteiger partial charge in [-0.3, -0.25) is 10.1 Å². The quantitative estimate of drug-likeness (QED) is 0.635. The summed E-state index contributed by atoms with van der Waals surface area (Å²) in [7, 11) is -3.94. The number of nitro groups is 1. The summed E-state index contributed by atoms with van der Waals surface area (Å²) < 4.78 is 27.1. The van der Waals surface area contributed by atoms with Crippen LogP contribution in [0.4, 0.5) is 5.69 Å². The number of nitro benzene ring substituents is 1. The molecule has 1 aromatic carbocycles. The topological polar surface area (TPSA) is 115 Å². The van der Waals surface area contributed by atoms with Crippen molar-refractivity contribution in [2.75, 3.05) is 0 Å². The Morgan fingerprint density at radius 2 is 2.00 bits per heavy atom. The van der Waals surface area contributed by atoms with Crippen molar-refractivity contribution in [3.8, 4) is 0 Å². The first-order chi connectivity index (χ1) is 9.16. The first-order valence-electron chi connectivity index (χ1n) is 6.17. The SMILES string of the molecule is CC1(C)C(N)CC1NS(=O)(=O)c1ccccc1[N+](=O)[O-]. The molecule has 0 aromatic heterocycles. The second-order valence-corrected chi connectivity index (χ2v) is 7.24. The van der Waals surface area contributed by atoms with Gasteiger partial charge in [-0.1, -0.05) is 26.0 Å². The van der Waals surface area contributed by atoms with E-state index in [1.54, 1.807) is 0 Å². The zero-order valence-corrected chi connectivity index (χ0v) is 12.1. The lowest BCUT2D eigenvalue weighted by Gasteiger charge is -2.50. The van der Waals surface area contributed by atoms with Crippen molar-refractivity contribution < 1.29 is 13.3 Å². The van der Waals surface area contributed by atoms with Gasteiger partial charge in [0.15, 0.2) is 4.90 Å². The Kier molecular flexibility index (Phi) is 3.57. The van der Waals surface area contributed by atoms with Crippen molar-refractivity contribution in [1.29, 1.82) is 0 Å². The zero-order chi connectivity index (χ0) is 15.1. The fraction of sp³-hybridized carbons (Fsp3) is 0.500. The number of sulfonamides is 1. The normalized spacial score (nSPS) is 24.9. The third-order valence-corrected chi connectivity index (χ3v) is 5.51. The second-order valence-electron chi connectivity index (χ2n) is 5.56. The maximum absolute atomic E-state index is 12.3. The van der Waals surface area contributed by atoms with E-state index in [2.05, 4.69) is 4.72 Å². The molecule has 0 radical (unpaired) electrons. The minimum absolute atomic E-state index is 0.0824. The Balaban J connectivity index is 2.31. The molecule has 1 aromatic rings. The van der Waals surface area contributed by atoms with Crippen LogP contribution in [0.15, 0.2) is 29.2 Å². The molecule has 1 aliphatic rings. The third-order valence-electron chi connectivity index (χ3n) is 3.99. The first-order valence-corrected chi connectivity index (χ1v) is 7.66. The molecule has 0 heterocycles. The number of para-hydroxylation sites is 1. The van der Waals surface area contributed by atoms with Crippen molar-refractivity contribution in [2.24, 2.45) is 11.1 Å². The lowest BCUT2D eigenvalue weighted by atomic mass is 9.64. The summed E-state index contributed by atoms with van der Waals surface area (Å²) in [5.41, 5.74) is 5.05. The molecule has 20 heavy (non-hydrogen) atoms. The number of rotatable bonds is 4. The van der Waals surface area contributed by atoms with E-state index in [0.29, 0.717) is 6.42 Å². The van der Waals surface area contributed by atoms with Gasteiger partial charge in [-0.05, 0) is 17.9 Å². The molecule has 0 bridgehead atoms. The molecular weight excluding hydrogens is 282 g/mol. The third kappa shape index (κ3) is 2.41. The Morgan fingerprint density at radius 3 is 2.50 bits per heavy atom. The summed E-state index contributed by atoms with van der Waals surface area (Å²) in [5, 5.41) is 10.9. The maximum atomic E-state index is 12.3. The Labute approximate surface area is 117 Å². The van der Waals surface area contributed by atoms with Gasteiger partial charge in [-0.25, -0.2) is 13.1 Å². The lowest BCUT2D eigenvalue weighted by molar-refractivity contribution is -0.387. The highest BCUT2D eigenvalue weighted by Crippen LogP contribution is 2.40. The van der Waals surface area contributed by atoms with Crippen LogP contribution in [-0.2, 0) is 10.0 Å². The number of nitrogens with one attached hydrogen (secondary N) is 1. The van der Waals surface area contributed by atoms with E-state index in [1.807, 2.05) is 13.8 Å². The minimum atomic E-state index is -3.94. The van der Waals surface area contributed by atoms with Gasteiger partial charge in [0.25, 0.3) is 5.69 Å². The Bertz CT molecular complexity index is 642. The van der Waals surface area contributed by atoms with Crippen LogP contribution in [0.5, 0.6) is 0 Å². The average molecular weight is 299 g/mol. The number of benzene rings is 1. The number of hydrogen-bond donors (Lipinski definition) is 2. The maximum Gasteiger partial charge on any atom is 0.289 e. The summed E-state index contributed by atoms with van der Waals surface area (Å²) in [6, 6.07) is 4.89. The number of hydrogen-bond acceptors (Lipinski definition) is 5. The summed E-state index contributed by atoms with van der Waals surface area (Å²) in [5.74, 6) is 0. The fourth-order valence-corrected chi connectivity index (χ4v) is 3.82. The van der Waals surface area contributed by atoms with Crippen molar-refractivity contribution in [3.05, 3.63) is 34.4 Å². The predicted molar refractivity (Wildman–Crippen MR) is 73.6 cm³/mol. The highest BCUT2D eigenvalue weighted by Gasteiger charge is 2.48. The van der Waals surface area contributed by atoms with E-state index in [0.717, 1.165) is 0 Å². The van der Waals surface area contributed by atoms with Crippen LogP contribution < -0.4 is 10.5 Å². The zero-order valence-electron chi connectivity index (χ0n) is 11.2. The fourth-order valence-electron chi connectivity index (χ4n) is 2.25. The highest BCUT2D eigenvalue weighted by molar-refractivity contribution is 7.89. The number of nitrogens with zero attached hydrogens (tertiary/aromatic N) is 1. The summed E-state index contributed by atoms with van der Waals surface area (Å²) in [6.45, 7) is 3.74. The van der Waals surface area contributed by atoms with E-state index >= 15 is 0 Å². The first kappa shape index (κ1) is 14.9. The van der Waals surface area contributed by atoms with Crippen molar-refractivity contribution in [1.82, 2.24) is 4.72 Å². The van der Waals surface area contributed by atoms with E-state index in [4.69, 9.17) is 5.73 Å². The molecule has 0 aliphatic heterocycles. The Morgan fingerprint density at radius 1 is 1.40 bits per heavy atom. The van der Waals surface area contributed by atoms with Crippen LogP contribution in [0, 0.1) is 15.5 Å². The van der Waals surface area contributed by atoms with Gasteiger partial charge in [0.1, 0.15) is 0 Å². The monoisotopic (exact) mass is 299 g/mol. The van der Waals surface area contributed by atoms with Gasteiger partial charge in [-0.15, -0.1) is 0 Å². The van der Waals surface area contributed by atoms with Gasteiger partial charge < -0.3 is 5.73 Å². The molecule has 0 spiro atoms. The van der Waals surface area contributed by atoms with Crippen molar-refractivity contribution in [3.63, 3.8) is 0 Å². The molecule has 3 N–H and O–H groups in total. The second kappa shape index (κ2) is 4.80. The molecule has 0 amide bonds. The smallest absolute Gasteiger partial charge is 0.289 e. The van der Waals surface area contributed by atoms with Crippen molar-refractivity contribution >= 4 is 15.7 Å². The van der Waals surface area contributed by atoms with Crippen LogP contribution in [-0.4, -0.2) is 25.4 Å². The van der Waals surface area contributed by atoms with Crippen LogP contribution in [0.3, 0.4) is 0 Å². The Hall–Kier alpha value is -1.51. The highest BCUT2D eigenvalue weighted by atomic mass is 32.2. The van der Waals surface area contributed by atoms with Crippen LogP contribution in [0.25, 0.3) is 0 Å².